The average Bonchev–Trinajstić information content (AvgIpc) is 2.98. The van der Waals surface area contributed by atoms with Gasteiger partial charge in [-0.25, -0.2) is 0 Å². The van der Waals surface area contributed by atoms with E-state index in [0.29, 0.717) is 6.04 Å². The fourth-order valence-corrected chi connectivity index (χ4v) is 5.06. The third-order valence-electron chi connectivity index (χ3n) is 4.43. The van der Waals surface area contributed by atoms with Crippen LogP contribution in [0.2, 0.25) is 0 Å². The predicted molar refractivity (Wildman–Crippen MR) is 82.7 cm³/mol. The lowest BCUT2D eigenvalue weighted by molar-refractivity contribution is 0.155. The Kier molecular flexibility index (Phi) is 3.17. The number of fused-ring (bicyclic) bond motifs is 4. The number of hydrogen-bond donors (Lipinski definition) is 0. The average molecular weight is 308 g/mol. The van der Waals surface area contributed by atoms with Gasteiger partial charge in [0.05, 0.1) is 0 Å². The highest BCUT2D eigenvalue weighted by molar-refractivity contribution is 7.12. The lowest BCUT2D eigenvalue weighted by Crippen LogP contribution is -2.38. The van der Waals surface area contributed by atoms with Gasteiger partial charge in [0.25, 0.3) is 0 Å². The minimum absolute atomic E-state index is 0.520. The van der Waals surface area contributed by atoms with E-state index in [1.54, 1.807) is 4.88 Å². The number of alkyl halides is 1. The molecule has 0 fully saturated rings. The Labute approximate surface area is 128 Å². The van der Waals surface area contributed by atoms with Crippen molar-refractivity contribution in [2.75, 3.05) is 12.4 Å². The molecule has 0 saturated heterocycles. The van der Waals surface area contributed by atoms with E-state index in [2.05, 4.69) is 24.0 Å². The smallest absolute Gasteiger partial charge is 0.110 e. The van der Waals surface area contributed by atoms with E-state index in [1.165, 1.54) is 21.8 Å². The first-order valence-electron chi connectivity index (χ1n) is 7.24. The molecular formula is C16H18ClNOS. The first-order valence-corrected chi connectivity index (χ1v) is 8.59. The molecule has 0 N–H and O–H groups in total. The zero-order valence-corrected chi connectivity index (χ0v) is 13.2. The van der Waals surface area contributed by atoms with Crippen LogP contribution in [0.15, 0.2) is 16.5 Å². The summed E-state index contributed by atoms with van der Waals surface area (Å²) in [6, 6.07) is 5.13. The van der Waals surface area contributed by atoms with Crippen LogP contribution >= 0.6 is 22.9 Å². The third kappa shape index (κ3) is 2.03. The zero-order chi connectivity index (χ0) is 13.7. The molecule has 4 rings (SSSR count). The van der Waals surface area contributed by atoms with Crippen molar-refractivity contribution in [2.24, 2.45) is 0 Å². The quantitative estimate of drug-likeness (QED) is 0.777. The van der Waals surface area contributed by atoms with Gasteiger partial charge >= 0.3 is 0 Å². The normalized spacial score (nSPS) is 21.4. The maximum atomic E-state index is 5.88. The fourth-order valence-electron chi connectivity index (χ4n) is 3.53. The lowest BCUT2D eigenvalue weighted by atomic mass is 9.91. The molecule has 106 valence electrons. The zero-order valence-electron chi connectivity index (χ0n) is 11.6. The maximum absolute atomic E-state index is 5.88. The van der Waals surface area contributed by atoms with Crippen LogP contribution in [-0.4, -0.2) is 17.3 Å². The second-order valence-corrected chi connectivity index (χ2v) is 7.38. The Morgan fingerprint density at radius 3 is 3.20 bits per heavy atom. The summed E-state index contributed by atoms with van der Waals surface area (Å²) in [5.74, 6) is 2.99. The van der Waals surface area contributed by atoms with E-state index in [9.17, 15) is 0 Å². The number of hydrogen-bond acceptors (Lipinski definition) is 3. The Morgan fingerprint density at radius 1 is 1.45 bits per heavy atom. The summed E-state index contributed by atoms with van der Waals surface area (Å²) in [5, 5.41) is 0. The first kappa shape index (κ1) is 12.9. The highest BCUT2D eigenvalue weighted by Gasteiger charge is 2.34. The van der Waals surface area contributed by atoms with Crippen molar-refractivity contribution >= 4 is 22.9 Å². The minimum Gasteiger partial charge on any atom is -0.466 e. The lowest BCUT2D eigenvalue weighted by Gasteiger charge is -2.38. The van der Waals surface area contributed by atoms with E-state index in [0.717, 1.165) is 44.0 Å². The van der Waals surface area contributed by atoms with Crippen molar-refractivity contribution in [1.29, 1.82) is 0 Å². The highest BCUT2D eigenvalue weighted by Crippen LogP contribution is 2.41. The number of aryl methyl sites for hydroxylation is 2. The van der Waals surface area contributed by atoms with E-state index < -0.39 is 0 Å². The minimum atomic E-state index is 0.520. The molecule has 2 aromatic rings. The van der Waals surface area contributed by atoms with Gasteiger partial charge in [0.1, 0.15) is 11.5 Å². The molecule has 2 aliphatic rings. The molecule has 2 aromatic heterocycles. The number of nitrogens with zero attached hydrogens (tertiary/aromatic N) is 1. The molecule has 0 spiro atoms. The third-order valence-corrected chi connectivity index (χ3v) is 5.88. The van der Waals surface area contributed by atoms with Gasteiger partial charge in [-0.2, -0.15) is 0 Å². The molecule has 0 aliphatic carbocycles. The van der Waals surface area contributed by atoms with Crippen molar-refractivity contribution in [2.45, 2.75) is 38.8 Å². The summed E-state index contributed by atoms with van der Waals surface area (Å²) >= 11 is 7.83. The largest absolute Gasteiger partial charge is 0.466 e. The summed E-state index contributed by atoms with van der Waals surface area (Å²) in [6.07, 6.45) is 3.18. The Hall–Kier alpha value is -0.770. The van der Waals surface area contributed by atoms with Crippen LogP contribution < -0.4 is 0 Å². The monoisotopic (exact) mass is 307 g/mol. The molecule has 1 unspecified atom stereocenters. The molecule has 20 heavy (non-hydrogen) atoms. The Bertz CT molecular complexity index is 645. The van der Waals surface area contributed by atoms with E-state index in [-0.39, 0.29) is 0 Å². The van der Waals surface area contributed by atoms with Gasteiger partial charge < -0.3 is 4.42 Å². The molecule has 1 atom stereocenters. The van der Waals surface area contributed by atoms with Crippen LogP contribution in [0.1, 0.15) is 38.4 Å². The molecular weight excluding hydrogens is 290 g/mol. The summed E-state index contributed by atoms with van der Waals surface area (Å²) in [5.41, 5.74) is 2.95. The van der Waals surface area contributed by atoms with Crippen LogP contribution in [0.4, 0.5) is 0 Å². The molecule has 0 aromatic carbocycles. The summed E-state index contributed by atoms with van der Waals surface area (Å²) < 4.78 is 5.85. The predicted octanol–water partition coefficient (Wildman–Crippen LogP) is 4.09. The molecule has 0 bridgehead atoms. The number of rotatable bonds is 2. The van der Waals surface area contributed by atoms with E-state index in [4.69, 9.17) is 16.0 Å². The van der Waals surface area contributed by atoms with Crippen molar-refractivity contribution in [3.63, 3.8) is 0 Å². The summed E-state index contributed by atoms with van der Waals surface area (Å²) in [4.78, 5) is 5.60. The van der Waals surface area contributed by atoms with Gasteiger partial charge in [-0.1, -0.05) is 0 Å². The molecule has 2 nitrogen and oxygen atoms in total. The van der Waals surface area contributed by atoms with Crippen molar-refractivity contribution in [1.82, 2.24) is 4.90 Å². The highest BCUT2D eigenvalue weighted by atomic mass is 35.5. The van der Waals surface area contributed by atoms with Crippen LogP contribution in [0.3, 0.4) is 0 Å². The SMILES string of the molecule is Cc1cc2c(o1)CCN1Cc3cc(CCCl)sc3CC21. The number of thiophene rings is 1. The molecule has 0 amide bonds. The van der Waals surface area contributed by atoms with E-state index >= 15 is 0 Å². The van der Waals surface area contributed by atoms with Gasteiger partial charge in [-0.15, -0.1) is 22.9 Å². The van der Waals surface area contributed by atoms with Gasteiger partial charge in [0.15, 0.2) is 0 Å². The molecule has 0 saturated carbocycles. The van der Waals surface area contributed by atoms with Gasteiger partial charge in [0, 0.05) is 53.2 Å². The first-order chi connectivity index (χ1) is 9.74. The van der Waals surface area contributed by atoms with Crippen molar-refractivity contribution in [3.8, 4) is 0 Å². The second-order valence-electron chi connectivity index (χ2n) is 5.78. The van der Waals surface area contributed by atoms with Crippen LogP contribution in [0.25, 0.3) is 0 Å². The van der Waals surface area contributed by atoms with Crippen LogP contribution in [-0.2, 0) is 25.8 Å². The molecule has 2 aliphatic heterocycles. The Balaban J connectivity index is 1.68. The van der Waals surface area contributed by atoms with Crippen LogP contribution in [0.5, 0.6) is 0 Å². The number of furan rings is 1. The van der Waals surface area contributed by atoms with E-state index in [1.807, 2.05) is 11.3 Å². The Morgan fingerprint density at radius 2 is 2.35 bits per heavy atom. The maximum Gasteiger partial charge on any atom is 0.110 e. The molecule has 4 heteroatoms. The summed E-state index contributed by atoms with van der Waals surface area (Å²) in [6.45, 7) is 4.26. The van der Waals surface area contributed by atoms with Crippen molar-refractivity contribution in [3.05, 3.63) is 44.5 Å². The second kappa shape index (κ2) is 4.90. The van der Waals surface area contributed by atoms with Crippen molar-refractivity contribution < 1.29 is 4.42 Å². The van der Waals surface area contributed by atoms with Gasteiger partial charge in [0.2, 0.25) is 0 Å². The standard InChI is InChI=1S/C16H18ClNOS/c1-10-6-13-14-8-16-11(7-12(20-16)2-4-17)9-18(14)5-3-15(13)19-10/h6-7,14H,2-5,8-9H2,1H3. The molecule has 0 radical (unpaired) electrons. The fraction of sp³-hybridized carbons (Fsp3) is 0.500. The summed E-state index contributed by atoms with van der Waals surface area (Å²) in [7, 11) is 0. The molecule has 4 heterocycles. The van der Waals surface area contributed by atoms with Crippen LogP contribution in [0, 0.1) is 6.92 Å². The van der Waals surface area contributed by atoms with Gasteiger partial charge in [-0.3, -0.25) is 4.90 Å². The van der Waals surface area contributed by atoms with Gasteiger partial charge in [-0.05, 0) is 31.0 Å². The number of halogens is 1. The topological polar surface area (TPSA) is 16.4 Å².